The maximum atomic E-state index is 4.52. The third-order valence-corrected chi connectivity index (χ3v) is 2.89. The molecule has 0 fully saturated rings. The van der Waals surface area contributed by atoms with Gasteiger partial charge in [0.05, 0.1) is 12.2 Å². The maximum Gasteiger partial charge on any atom is 0.135 e. The van der Waals surface area contributed by atoms with Crippen molar-refractivity contribution < 1.29 is 0 Å². The Morgan fingerprint density at radius 3 is 2.58 bits per heavy atom. The highest BCUT2D eigenvalue weighted by Gasteiger charge is 2.07. The molecule has 0 amide bonds. The molecule has 2 aromatic heterocycles. The second-order valence-electron chi connectivity index (χ2n) is 4.70. The van der Waals surface area contributed by atoms with Crippen molar-refractivity contribution in [2.75, 3.05) is 17.7 Å². The third kappa shape index (κ3) is 3.21. The van der Waals surface area contributed by atoms with Crippen LogP contribution in [0.25, 0.3) is 0 Å². The average Bonchev–Trinajstić information content (AvgIpc) is 2.81. The minimum Gasteiger partial charge on any atom is -0.373 e. The van der Waals surface area contributed by atoms with Crippen molar-refractivity contribution in [3.05, 3.63) is 29.8 Å². The van der Waals surface area contributed by atoms with E-state index in [1.54, 1.807) is 6.20 Å². The van der Waals surface area contributed by atoms with Crippen molar-refractivity contribution in [3.63, 3.8) is 0 Å². The van der Waals surface area contributed by atoms with Crippen molar-refractivity contribution >= 4 is 11.6 Å². The summed E-state index contributed by atoms with van der Waals surface area (Å²) in [6.07, 6.45) is 1.79. The Balaban J connectivity index is 2.15. The Bertz CT molecular complexity index is 546. The lowest BCUT2D eigenvalue weighted by Gasteiger charge is -2.11. The zero-order valence-electron chi connectivity index (χ0n) is 11.8. The quantitative estimate of drug-likeness (QED) is 0.860. The van der Waals surface area contributed by atoms with Crippen LogP contribution in [-0.2, 0) is 13.6 Å². The number of nitrogens with one attached hydrogen (secondary N) is 2. The molecule has 2 heterocycles. The van der Waals surface area contributed by atoms with Crippen molar-refractivity contribution in [3.8, 4) is 0 Å². The van der Waals surface area contributed by atoms with E-state index in [2.05, 4.69) is 39.5 Å². The number of hydrogen-bond donors (Lipinski definition) is 2. The Kier molecular flexibility index (Phi) is 3.99. The monoisotopic (exact) mass is 260 g/mol. The predicted molar refractivity (Wildman–Crippen MR) is 76.2 cm³/mol. The number of aryl methyl sites for hydroxylation is 1. The number of rotatable bonds is 5. The standard InChI is InChI=1S/C13H20N6/c1-9(2)13-17-11(14-3)7-12(18-13)15-8-10-5-6-16-19(10)4/h5-7,9H,8H2,1-4H3,(H2,14,15,17,18). The van der Waals surface area contributed by atoms with E-state index in [1.165, 1.54) is 0 Å². The van der Waals surface area contributed by atoms with E-state index in [-0.39, 0.29) is 0 Å². The Morgan fingerprint density at radius 2 is 2.00 bits per heavy atom. The number of nitrogens with zero attached hydrogens (tertiary/aromatic N) is 4. The molecule has 0 saturated heterocycles. The molecule has 2 aromatic rings. The molecular weight excluding hydrogens is 240 g/mol. The highest BCUT2D eigenvalue weighted by molar-refractivity contribution is 5.47. The van der Waals surface area contributed by atoms with Crippen LogP contribution in [0.3, 0.4) is 0 Å². The maximum absolute atomic E-state index is 4.52. The highest BCUT2D eigenvalue weighted by Crippen LogP contribution is 2.17. The van der Waals surface area contributed by atoms with Crippen LogP contribution in [0.1, 0.15) is 31.3 Å². The molecule has 0 aliphatic carbocycles. The summed E-state index contributed by atoms with van der Waals surface area (Å²) in [6, 6.07) is 3.89. The molecule has 6 nitrogen and oxygen atoms in total. The average molecular weight is 260 g/mol. The predicted octanol–water partition coefficient (Wildman–Crippen LogP) is 1.99. The second kappa shape index (κ2) is 5.69. The van der Waals surface area contributed by atoms with Crippen molar-refractivity contribution in [1.82, 2.24) is 19.7 Å². The molecule has 102 valence electrons. The van der Waals surface area contributed by atoms with Gasteiger partial charge in [-0.05, 0) is 6.07 Å². The highest BCUT2D eigenvalue weighted by atomic mass is 15.3. The summed E-state index contributed by atoms with van der Waals surface area (Å²) >= 11 is 0. The van der Waals surface area contributed by atoms with Gasteiger partial charge >= 0.3 is 0 Å². The molecule has 6 heteroatoms. The van der Waals surface area contributed by atoms with E-state index in [9.17, 15) is 0 Å². The van der Waals surface area contributed by atoms with Crippen LogP contribution < -0.4 is 10.6 Å². The van der Waals surface area contributed by atoms with Crippen LogP contribution in [-0.4, -0.2) is 26.8 Å². The summed E-state index contributed by atoms with van der Waals surface area (Å²) in [6.45, 7) is 4.85. The molecule has 0 spiro atoms. The Hall–Kier alpha value is -2.11. The van der Waals surface area contributed by atoms with E-state index >= 15 is 0 Å². The fraction of sp³-hybridized carbons (Fsp3) is 0.462. The Labute approximate surface area is 113 Å². The summed E-state index contributed by atoms with van der Waals surface area (Å²) < 4.78 is 1.84. The minimum atomic E-state index is 0.297. The first-order valence-electron chi connectivity index (χ1n) is 6.37. The molecule has 2 rings (SSSR count). The molecule has 0 bridgehead atoms. The van der Waals surface area contributed by atoms with Gasteiger partial charge in [0.15, 0.2) is 0 Å². The summed E-state index contributed by atoms with van der Waals surface area (Å²) in [5.74, 6) is 2.78. The molecule has 19 heavy (non-hydrogen) atoms. The lowest BCUT2D eigenvalue weighted by Crippen LogP contribution is -2.09. The van der Waals surface area contributed by atoms with Crippen molar-refractivity contribution in [2.45, 2.75) is 26.3 Å². The van der Waals surface area contributed by atoms with Gasteiger partial charge in [-0.15, -0.1) is 0 Å². The topological polar surface area (TPSA) is 67.7 Å². The normalized spacial score (nSPS) is 10.8. The van der Waals surface area contributed by atoms with E-state index in [4.69, 9.17) is 0 Å². The fourth-order valence-electron chi connectivity index (χ4n) is 1.70. The fourth-order valence-corrected chi connectivity index (χ4v) is 1.70. The van der Waals surface area contributed by atoms with Crippen LogP contribution in [0.15, 0.2) is 18.3 Å². The molecule has 0 aliphatic heterocycles. The van der Waals surface area contributed by atoms with Gasteiger partial charge in [0.25, 0.3) is 0 Å². The van der Waals surface area contributed by atoms with Gasteiger partial charge in [0, 0.05) is 32.3 Å². The van der Waals surface area contributed by atoms with Crippen molar-refractivity contribution in [2.24, 2.45) is 7.05 Å². The van der Waals surface area contributed by atoms with Gasteiger partial charge in [-0.2, -0.15) is 5.10 Å². The van der Waals surface area contributed by atoms with Gasteiger partial charge in [-0.25, -0.2) is 9.97 Å². The van der Waals surface area contributed by atoms with Crippen LogP contribution in [0, 0.1) is 0 Å². The molecule has 0 atom stereocenters. The smallest absolute Gasteiger partial charge is 0.135 e. The lowest BCUT2D eigenvalue weighted by atomic mass is 10.2. The zero-order chi connectivity index (χ0) is 13.8. The van der Waals surface area contributed by atoms with E-state index in [1.807, 2.05) is 30.9 Å². The molecule has 0 unspecified atom stereocenters. The van der Waals surface area contributed by atoms with E-state index < -0.39 is 0 Å². The van der Waals surface area contributed by atoms with Crippen LogP contribution >= 0.6 is 0 Å². The number of hydrogen-bond acceptors (Lipinski definition) is 5. The van der Waals surface area contributed by atoms with Gasteiger partial charge in [0.1, 0.15) is 17.5 Å². The molecule has 0 aromatic carbocycles. The first kappa shape index (κ1) is 13.3. The molecule has 0 aliphatic rings. The summed E-state index contributed by atoms with van der Waals surface area (Å²) in [7, 11) is 3.78. The summed E-state index contributed by atoms with van der Waals surface area (Å²) in [4.78, 5) is 8.95. The molecule has 2 N–H and O–H groups in total. The first-order valence-corrected chi connectivity index (χ1v) is 6.37. The van der Waals surface area contributed by atoms with Gasteiger partial charge in [-0.3, -0.25) is 4.68 Å². The van der Waals surface area contributed by atoms with Gasteiger partial charge in [0.2, 0.25) is 0 Å². The van der Waals surface area contributed by atoms with E-state index in [0.717, 1.165) is 23.2 Å². The zero-order valence-corrected chi connectivity index (χ0v) is 11.8. The van der Waals surface area contributed by atoms with Gasteiger partial charge < -0.3 is 10.6 Å². The summed E-state index contributed by atoms with van der Waals surface area (Å²) in [5.41, 5.74) is 1.11. The van der Waals surface area contributed by atoms with Crippen molar-refractivity contribution in [1.29, 1.82) is 0 Å². The van der Waals surface area contributed by atoms with Crippen LogP contribution in [0.5, 0.6) is 0 Å². The number of anilines is 2. The molecule has 0 saturated carbocycles. The SMILES string of the molecule is CNc1cc(NCc2ccnn2C)nc(C(C)C)n1. The van der Waals surface area contributed by atoms with E-state index in [0.29, 0.717) is 12.5 Å². The summed E-state index contributed by atoms with van der Waals surface area (Å²) in [5, 5.41) is 10.5. The van der Waals surface area contributed by atoms with Crippen LogP contribution in [0.2, 0.25) is 0 Å². The first-order chi connectivity index (χ1) is 9.10. The molecule has 0 radical (unpaired) electrons. The Morgan fingerprint density at radius 1 is 1.26 bits per heavy atom. The van der Waals surface area contributed by atoms with Gasteiger partial charge in [-0.1, -0.05) is 13.8 Å². The largest absolute Gasteiger partial charge is 0.373 e. The number of aromatic nitrogens is 4. The lowest BCUT2D eigenvalue weighted by molar-refractivity contribution is 0.718. The molecular formula is C13H20N6. The van der Waals surface area contributed by atoms with Crippen LogP contribution in [0.4, 0.5) is 11.6 Å². The second-order valence-corrected chi connectivity index (χ2v) is 4.70. The third-order valence-electron chi connectivity index (χ3n) is 2.89. The minimum absolute atomic E-state index is 0.297.